The van der Waals surface area contributed by atoms with E-state index in [2.05, 4.69) is 20.3 Å². The molecule has 4 rings (SSSR count). The number of amides is 1. The fourth-order valence-electron chi connectivity index (χ4n) is 2.97. The summed E-state index contributed by atoms with van der Waals surface area (Å²) in [5, 5.41) is 14.8. The lowest BCUT2D eigenvalue weighted by Gasteiger charge is -2.08. The Morgan fingerprint density at radius 3 is 2.68 bits per heavy atom. The topological polar surface area (TPSA) is 121 Å². The molecule has 0 saturated heterocycles. The third-order valence-electron chi connectivity index (χ3n) is 4.51. The van der Waals surface area contributed by atoms with Gasteiger partial charge in [0.15, 0.2) is 10.3 Å². The van der Waals surface area contributed by atoms with E-state index in [-0.39, 0.29) is 40.5 Å². The predicted molar refractivity (Wildman–Crippen MR) is 136 cm³/mol. The van der Waals surface area contributed by atoms with E-state index in [4.69, 9.17) is 4.74 Å². The molecule has 172 valence electrons. The number of methoxy groups -OCH3 is 1. The highest BCUT2D eigenvalue weighted by molar-refractivity contribution is 7.99. The van der Waals surface area contributed by atoms with Crippen LogP contribution in [0, 0.1) is 11.3 Å². The van der Waals surface area contributed by atoms with Crippen molar-refractivity contribution in [2.45, 2.75) is 5.16 Å². The van der Waals surface area contributed by atoms with Gasteiger partial charge in [-0.3, -0.25) is 9.59 Å². The fraction of sp³-hybridized carbons (Fsp3) is 0.0870. The van der Waals surface area contributed by atoms with Crippen LogP contribution in [0.3, 0.4) is 0 Å². The average molecular weight is 512 g/mol. The molecule has 8 nitrogen and oxygen atoms in total. The number of rotatable bonds is 7. The number of carbonyl (C=O) groups is 1. The molecule has 1 amide bonds. The SMILES string of the molecule is COc1cccc(-c2nc(SCC(=O)Nc3nc(-c4ccccc4)cs3)[nH]c(=O)c2C#N)c1.Cl. The Bertz CT molecular complexity index is 1400. The summed E-state index contributed by atoms with van der Waals surface area (Å²) in [4.78, 5) is 36.3. The fourth-order valence-corrected chi connectivity index (χ4v) is 4.36. The molecule has 0 fully saturated rings. The molecule has 4 aromatic rings. The first-order valence-electron chi connectivity index (χ1n) is 9.70. The molecule has 11 heteroatoms. The van der Waals surface area contributed by atoms with E-state index in [9.17, 15) is 14.9 Å². The smallest absolute Gasteiger partial charge is 0.270 e. The number of thiazole rings is 1. The van der Waals surface area contributed by atoms with Crippen LogP contribution in [0.2, 0.25) is 0 Å². The van der Waals surface area contributed by atoms with Crippen LogP contribution in [-0.4, -0.2) is 33.7 Å². The number of carbonyl (C=O) groups excluding carboxylic acids is 1. The quantitative estimate of drug-likeness (QED) is 0.275. The Labute approximate surface area is 209 Å². The van der Waals surface area contributed by atoms with E-state index in [0.29, 0.717) is 16.4 Å². The number of thioether (sulfide) groups is 1. The molecule has 0 radical (unpaired) electrons. The second kappa shape index (κ2) is 11.5. The standard InChI is InChI=1S/C23H17N5O3S2.ClH/c1-31-16-9-5-8-15(10-16)20-17(11-24)21(30)28-23(27-20)33-13-19(29)26-22-25-18(12-32-22)14-6-3-2-4-7-14;/h2-10,12H,13H2,1H3,(H,25,26,29)(H,27,28,30);1H. The van der Waals surface area contributed by atoms with Crippen molar-refractivity contribution < 1.29 is 9.53 Å². The molecule has 0 aliphatic carbocycles. The monoisotopic (exact) mass is 511 g/mol. The number of nitrogens with zero attached hydrogens (tertiary/aromatic N) is 3. The van der Waals surface area contributed by atoms with Gasteiger partial charge in [0, 0.05) is 16.5 Å². The van der Waals surface area contributed by atoms with Gasteiger partial charge in [-0.25, -0.2) is 9.97 Å². The van der Waals surface area contributed by atoms with Crippen molar-refractivity contribution in [1.29, 1.82) is 5.26 Å². The minimum atomic E-state index is -0.569. The van der Waals surface area contributed by atoms with E-state index in [1.165, 1.54) is 18.4 Å². The van der Waals surface area contributed by atoms with Gasteiger partial charge in [-0.2, -0.15) is 5.26 Å². The van der Waals surface area contributed by atoms with E-state index < -0.39 is 5.56 Å². The minimum Gasteiger partial charge on any atom is -0.497 e. The van der Waals surface area contributed by atoms with E-state index in [1.807, 2.05) is 41.8 Å². The van der Waals surface area contributed by atoms with Crippen molar-refractivity contribution in [2.24, 2.45) is 0 Å². The summed E-state index contributed by atoms with van der Waals surface area (Å²) in [5.74, 6) is 0.293. The van der Waals surface area contributed by atoms with Crippen LogP contribution in [0.15, 0.2) is 69.9 Å². The largest absolute Gasteiger partial charge is 0.497 e. The first kappa shape index (κ1) is 25.0. The zero-order valence-corrected chi connectivity index (χ0v) is 20.2. The van der Waals surface area contributed by atoms with Crippen LogP contribution in [-0.2, 0) is 4.79 Å². The number of H-pyrrole nitrogens is 1. The number of nitriles is 1. The lowest BCUT2D eigenvalue weighted by atomic mass is 10.1. The van der Waals surface area contributed by atoms with Gasteiger partial charge >= 0.3 is 0 Å². The number of aromatic nitrogens is 3. The van der Waals surface area contributed by atoms with Crippen molar-refractivity contribution in [2.75, 3.05) is 18.2 Å². The second-order valence-electron chi connectivity index (χ2n) is 6.68. The van der Waals surface area contributed by atoms with Crippen LogP contribution in [0.5, 0.6) is 5.75 Å². The highest BCUT2D eigenvalue weighted by atomic mass is 35.5. The highest BCUT2D eigenvalue weighted by Gasteiger charge is 2.16. The maximum absolute atomic E-state index is 12.4. The Balaban J connectivity index is 0.00000324. The summed E-state index contributed by atoms with van der Waals surface area (Å²) in [5.41, 5.74) is 1.88. The Morgan fingerprint density at radius 2 is 1.94 bits per heavy atom. The second-order valence-corrected chi connectivity index (χ2v) is 8.50. The predicted octanol–water partition coefficient (Wildman–Crippen LogP) is 4.59. The van der Waals surface area contributed by atoms with E-state index in [1.54, 1.807) is 24.3 Å². The van der Waals surface area contributed by atoms with Crippen LogP contribution in [0.1, 0.15) is 5.56 Å². The summed E-state index contributed by atoms with van der Waals surface area (Å²) in [6.07, 6.45) is 0. The van der Waals surface area contributed by atoms with Gasteiger partial charge in [-0.1, -0.05) is 54.2 Å². The van der Waals surface area contributed by atoms with Crippen molar-refractivity contribution in [3.05, 3.63) is 75.9 Å². The maximum Gasteiger partial charge on any atom is 0.270 e. The van der Waals surface area contributed by atoms with Crippen molar-refractivity contribution in [3.63, 3.8) is 0 Å². The van der Waals surface area contributed by atoms with Gasteiger partial charge in [-0.05, 0) is 12.1 Å². The molecule has 0 spiro atoms. The summed E-state index contributed by atoms with van der Waals surface area (Å²) in [6.45, 7) is 0. The first-order chi connectivity index (χ1) is 16.1. The summed E-state index contributed by atoms with van der Waals surface area (Å²) in [6, 6.07) is 18.5. The third-order valence-corrected chi connectivity index (χ3v) is 6.14. The lowest BCUT2D eigenvalue weighted by Crippen LogP contribution is -2.17. The van der Waals surface area contributed by atoms with Crippen LogP contribution >= 0.6 is 35.5 Å². The third kappa shape index (κ3) is 5.82. The molecule has 0 bridgehead atoms. The number of hydrogen-bond acceptors (Lipinski definition) is 8. The van der Waals surface area contributed by atoms with Crippen LogP contribution < -0.4 is 15.6 Å². The van der Waals surface area contributed by atoms with E-state index >= 15 is 0 Å². The number of anilines is 1. The molecule has 2 N–H and O–H groups in total. The molecular weight excluding hydrogens is 494 g/mol. The molecule has 2 heterocycles. The average Bonchev–Trinajstić information content (AvgIpc) is 3.31. The highest BCUT2D eigenvalue weighted by Crippen LogP contribution is 2.27. The summed E-state index contributed by atoms with van der Waals surface area (Å²) < 4.78 is 5.22. The van der Waals surface area contributed by atoms with Crippen molar-refractivity contribution in [1.82, 2.24) is 15.0 Å². The molecule has 34 heavy (non-hydrogen) atoms. The van der Waals surface area contributed by atoms with Gasteiger partial charge < -0.3 is 15.0 Å². The summed E-state index contributed by atoms with van der Waals surface area (Å²) in [7, 11) is 1.53. The van der Waals surface area contributed by atoms with E-state index in [0.717, 1.165) is 23.0 Å². The number of hydrogen-bond donors (Lipinski definition) is 2. The number of ether oxygens (including phenoxy) is 1. The Hall–Kier alpha value is -3.65. The number of benzene rings is 2. The lowest BCUT2D eigenvalue weighted by molar-refractivity contribution is -0.113. The minimum absolute atomic E-state index is 0. The zero-order valence-electron chi connectivity index (χ0n) is 17.8. The van der Waals surface area contributed by atoms with Gasteiger partial charge in [0.2, 0.25) is 5.91 Å². The molecule has 0 atom stereocenters. The zero-order chi connectivity index (χ0) is 23.2. The Kier molecular flexibility index (Phi) is 8.43. The Morgan fingerprint density at radius 1 is 1.18 bits per heavy atom. The molecule has 0 aliphatic heterocycles. The normalized spacial score (nSPS) is 10.1. The van der Waals surface area contributed by atoms with Gasteiger partial charge in [0.25, 0.3) is 5.56 Å². The van der Waals surface area contributed by atoms with Crippen molar-refractivity contribution in [3.8, 4) is 34.3 Å². The molecule has 0 unspecified atom stereocenters. The molecule has 0 saturated carbocycles. The maximum atomic E-state index is 12.4. The molecule has 0 aliphatic rings. The number of aromatic amines is 1. The molecular formula is C23H18ClN5O3S2. The van der Waals surface area contributed by atoms with Crippen LogP contribution in [0.25, 0.3) is 22.5 Å². The number of halogens is 1. The molecule has 2 aromatic heterocycles. The van der Waals surface area contributed by atoms with Gasteiger partial charge in [-0.15, -0.1) is 23.7 Å². The van der Waals surface area contributed by atoms with Crippen LogP contribution in [0.4, 0.5) is 5.13 Å². The van der Waals surface area contributed by atoms with Crippen molar-refractivity contribution >= 4 is 46.5 Å². The summed E-state index contributed by atoms with van der Waals surface area (Å²) >= 11 is 2.39. The number of nitrogens with one attached hydrogen (secondary N) is 2. The first-order valence-corrected chi connectivity index (χ1v) is 11.6. The van der Waals surface area contributed by atoms with Gasteiger partial charge in [0.05, 0.1) is 24.3 Å². The van der Waals surface area contributed by atoms with Gasteiger partial charge in [0.1, 0.15) is 17.4 Å². The molecule has 2 aromatic carbocycles.